The lowest BCUT2D eigenvalue weighted by Crippen LogP contribution is -2.44. The van der Waals surface area contributed by atoms with Gasteiger partial charge in [0.05, 0.1) is 10.7 Å². The van der Waals surface area contributed by atoms with E-state index in [9.17, 15) is 12.8 Å². The smallest absolute Gasteiger partial charge is 0.242 e. The summed E-state index contributed by atoms with van der Waals surface area (Å²) < 4.78 is 40.6. The Hall–Kier alpha value is -0.890. The van der Waals surface area contributed by atoms with Crippen molar-refractivity contribution >= 4 is 27.3 Å². The largest absolute Gasteiger partial charge is 0.396 e. The van der Waals surface area contributed by atoms with Crippen molar-refractivity contribution in [1.82, 2.24) is 9.62 Å². The van der Waals surface area contributed by atoms with Crippen LogP contribution in [0.4, 0.5) is 10.1 Å². The number of nitrogens with zero attached hydrogens (tertiary/aromatic N) is 1. The number of likely N-dealkylation sites (tertiary alicyclic amines) is 1. The molecular formula is C13H19ClFN3O2S. The van der Waals surface area contributed by atoms with Crippen LogP contribution in [0.1, 0.15) is 19.8 Å². The van der Waals surface area contributed by atoms with Crippen molar-refractivity contribution in [3.05, 3.63) is 23.0 Å². The first-order chi connectivity index (χ1) is 9.83. The van der Waals surface area contributed by atoms with Crippen molar-refractivity contribution < 1.29 is 12.8 Å². The molecule has 3 N–H and O–H groups in total. The van der Waals surface area contributed by atoms with E-state index >= 15 is 0 Å². The van der Waals surface area contributed by atoms with E-state index in [1.54, 1.807) is 0 Å². The van der Waals surface area contributed by atoms with Crippen molar-refractivity contribution in [2.24, 2.45) is 0 Å². The van der Waals surface area contributed by atoms with Crippen LogP contribution in [-0.4, -0.2) is 39.0 Å². The SMILES string of the molecule is CCN1CCC(NS(=O)(=O)c2cc(N)c(F)cc2Cl)CC1. The van der Waals surface area contributed by atoms with Gasteiger partial charge in [0.25, 0.3) is 0 Å². The van der Waals surface area contributed by atoms with Gasteiger partial charge < -0.3 is 10.6 Å². The molecule has 8 heteroatoms. The number of sulfonamides is 1. The number of nitrogens with two attached hydrogens (primary N) is 1. The zero-order chi connectivity index (χ0) is 15.6. The molecule has 1 aromatic rings. The van der Waals surface area contributed by atoms with E-state index in [0.29, 0.717) is 0 Å². The average Bonchev–Trinajstić information content (AvgIpc) is 2.43. The summed E-state index contributed by atoms with van der Waals surface area (Å²) in [4.78, 5) is 2.08. The van der Waals surface area contributed by atoms with Crippen molar-refractivity contribution in [3.8, 4) is 0 Å². The van der Waals surface area contributed by atoms with Gasteiger partial charge in [-0.3, -0.25) is 0 Å². The van der Waals surface area contributed by atoms with Gasteiger partial charge in [-0.15, -0.1) is 0 Å². The molecule has 1 fully saturated rings. The van der Waals surface area contributed by atoms with Crippen LogP contribution in [-0.2, 0) is 10.0 Å². The quantitative estimate of drug-likeness (QED) is 0.823. The van der Waals surface area contributed by atoms with Gasteiger partial charge in [0, 0.05) is 6.04 Å². The maximum Gasteiger partial charge on any atom is 0.242 e. The van der Waals surface area contributed by atoms with Gasteiger partial charge in [0.2, 0.25) is 10.0 Å². The molecule has 1 heterocycles. The molecule has 1 aromatic carbocycles. The Labute approximate surface area is 129 Å². The molecule has 0 atom stereocenters. The summed E-state index contributed by atoms with van der Waals surface area (Å²) in [6.07, 6.45) is 1.47. The molecule has 118 valence electrons. The van der Waals surface area contributed by atoms with E-state index in [4.69, 9.17) is 17.3 Å². The summed E-state index contributed by atoms with van der Waals surface area (Å²) in [6, 6.07) is 1.84. The van der Waals surface area contributed by atoms with E-state index in [-0.39, 0.29) is 21.6 Å². The lowest BCUT2D eigenvalue weighted by molar-refractivity contribution is 0.217. The van der Waals surface area contributed by atoms with E-state index in [2.05, 4.69) is 16.5 Å². The van der Waals surface area contributed by atoms with Crippen LogP contribution in [0.3, 0.4) is 0 Å². The highest BCUT2D eigenvalue weighted by molar-refractivity contribution is 7.89. The summed E-state index contributed by atoms with van der Waals surface area (Å²) in [5, 5.41) is -0.166. The third-order valence-corrected chi connectivity index (χ3v) is 5.68. The van der Waals surface area contributed by atoms with E-state index in [0.717, 1.165) is 44.6 Å². The number of halogens is 2. The monoisotopic (exact) mass is 335 g/mol. The molecule has 0 amide bonds. The topological polar surface area (TPSA) is 75.4 Å². The van der Waals surface area contributed by atoms with Gasteiger partial charge in [0.1, 0.15) is 10.7 Å². The minimum Gasteiger partial charge on any atom is -0.396 e. The first kappa shape index (κ1) is 16.5. The highest BCUT2D eigenvalue weighted by Crippen LogP contribution is 2.27. The molecule has 0 spiro atoms. The Kier molecular flexibility index (Phi) is 5.08. The molecule has 2 rings (SSSR count). The zero-order valence-corrected chi connectivity index (χ0v) is 13.3. The Morgan fingerprint density at radius 2 is 2.05 bits per heavy atom. The van der Waals surface area contributed by atoms with Crippen LogP contribution in [0.2, 0.25) is 5.02 Å². The van der Waals surface area contributed by atoms with Crippen molar-refractivity contribution in [3.63, 3.8) is 0 Å². The van der Waals surface area contributed by atoms with E-state index < -0.39 is 15.8 Å². The van der Waals surface area contributed by atoms with Crippen LogP contribution >= 0.6 is 11.6 Å². The molecule has 0 bridgehead atoms. The van der Waals surface area contributed by atoms with Crippen LogP contribution in [0, 0.1) is 5.82 Å². The molecule has 1 aliphatic rings. The van der Waals surface area contributed by atoms with Gasteiger partial charge in [-0.25, -0.2) is 17.5 Å². The van der Waals surface area contributed by atoms with Gasteiger partial charge in [-0.1, -0.05) is 18.5 Å². The predicted molar refractivity (Wildman–Crippen MR) is 81.3 cm³/mol. The van der Waals surface area contributed by atoms with Crippen molar-refractivity contribution in [1.29, 1.82) is 0 Å². The fourth-order valence-corrected chi connectivity index (χ4v) is 4.26. The van der Waals surface area contributed by atoms with Crippen molar-refractivity contribution in [2.75, 3.05) is 25.4 Å². The molecule has 5 nitrogen and oxygen atoms in total. The number of rotatable bonds is 4. The van der Waals surface area contributed by atoms with E-state index in [1.165, 1.54) is 0 Å². The van der Waals surface area contributed by atoms with Crippen LogP contribution in [0.5, 0.6) is 0 Å². The normalized spacial score (nSPS) is 18.0. The third kappa shape index (κ3) is 3.85. The maximum absolute atomic E-state index is 13.3. The van der Waals surface area contributed by atoms with Crippen molar-refractivity contribution in [2.45, 2.75) is 30.7 Å². The minimum absolute atomic E-state index is 0.139. The Bertz CT molecular complexity index is 616. The number of nitrogen functional groups attached to an aromatic ring is 1. The van der Waals surface area contributed by atoms with Gasteiger partial charge in [-0.05, 0) is 44.6 Å². The summed E-state index contributed by atoms with van der Waals surface area (Å²) in [6.45, 7) is 4.73. The molecule has 0 aliphatic carbocycles. The molecule has 0 radical (unpaired) electrons. The number of nitrogens with one attached hydrogen (secondary N) is 1. The fourth-order valence-electron chi connectivity index (χ4n) is 2.40. The Morgan fingerprint density at radius 1 is 1.43 bits per heavy atom. The van der Waals surface area contributed by atoms with Crippen LogP contribution < -0.4 is 10.5 Å². The molecule has 0 unspecified atom stereocenters. The summed E-state index contributed by atoms with van der Waals surface area (Å²) >= 11 is 5.83. The highest BCUT2D eigenvalue weighted by atomic mass is 35.5. The average molecular weight is 336 g/mol. The van der Waals surface area contributed by atoms with Gasteiger partial charge in [-0.2, -0.15) is 0 Å². The zero-order valence-electron chi connectivity index (χ0n) is 11.8. The molecule has 0 saturated carbocycles. The fraction of sp³-hybridized carbons (Fsp3) is 0.538. The molecule has 1 saturated heterocycles. The number of hydrogen-bond acceptors (Lipinski definition) is 4. The summed E-state index contributed by atoms with van der Waals surface area (Å²) in [7, 11) is -3.80. The Morgan fingerprint density at radius 3 is 2.62 bits per heavy atom. The first-order valence-electron chi connectivity index (χ1n) is 6.82. The minimum atomic E-state index is -3.80. The lowest BCUT2D eigenvalue weighted by Gasteiger charge is -2.31. The standard InChI is InChI=1S/C13H19ClFN3O2S/c1-2-18-5-3-9(4-6-18)17-21(19,20)13-8-12(16)11(15)7-10(13)14/h7-9,17H,2-6,16H2,1H3. The second-order valence-electron chi connectivity index (χ2n) is 5.13. The maximum atomic E-state index is 13.3. The first-order valence-corrected chi connectivity index (χ1v) is 8.69. The number of anilines is 1. The van der Waals surface area contributed by atoms with Gasteiger partial charge in [0.15, 0.2) is 0 Å². The summed E-state index contributed by atoms with van der Waals surface area (Å²) in [5.74, 6) is -0.727. The van der Waals surface area contributed by atoms with Gasteiger partial charge >= 0.3 is 0 Å². The second kappa shape index (κ2) is 6.48. The molecule has 21 heavy (non-hydrogen) atoms. The summed E-state index contributed by atoms with van der Waals surface area (Å²) in [5.41, 5.74) is 5.19. The predicted octanol–water partition coefficient (Wildman–Crippen LogP) is 1.82. The van der Waals surface area contributed by atoms with Crippen LogP contribution in [0.15, 0.2) is 17.0 Å². The number of benzene rings is 1. The molecular weight excluding hydrogens is 317 g/mol. The Balaban J connectivity index is 2.14. The molecule has 0 aromatic heterocycles. The van der Waals surface area contributed by atoms with E-state index in [1.807, 2.05) is 0 Å². The number of piperidine rings is 1. The highest BCUT2D eigenvalue weighted by Gasteiger charge is 2.26. The molecule has 1 aliphatic heterocycles. The van der Waals surface area contributed by atoms with Crippen LogP contribution in [0.25, 0.3) is 0 Å². The lowest BCUT2D eigenvalue weighted by atomic mass is 10.1. The second-order valence-corrected chi connectivity index (χ2v) is 7.22. The third-order valence-electron chi connectivity index (χ3n) is 3.70. The number of hydrogen-bond donors (Lipinski definition) is 2.